The number of methoxy groups -OCH3 is 1. The molecule has 1 aromatic heterocycles. The Morgan fingerprint density at radius 1 is 1.42 bits per heavy atom. The predicted octanol–water partition coefficient (Wildman–Crippen LogP) is 2.01. The number of hydrogen-bond donors (Lipinski definition) is 1. The van der Waals surface area contributed by atoms with Gasteiger partial charge in [0.2, 0.25) is 0 Å². The molecule has 1 aromatic carbocycles. The number of nitrogen functional groups attached to an aromatic ring is 1. The van der Waals surface area contributed by atoms with Crippen molar-refractivity contribution in [3.05, 3.63) is 40.7 Å². The smallest absolute Gasteiger partial charge is 0.124 e. The molecule has 0 unspecified atom stereocenters. The summed E-state index contributed by atoms with van der Waals surface area (Å²) in [6, 6.07) is 7.47. The zero-order chi connectivity index (χ0) is 14.0. The highest BCUT2D eigenvalue weighted by molar-refractivity contribution is 5.48. The van der Waals surface area contributed by atoms with Crippen LogP contribution in [-0.4, -0.2) is 16.9 Å². The van der Waals surface area contributed by atoms with Crippen LogP contribution in [0.15, 0.2) is 18.2 Å². The minimum Gasteiger partial charge on any atom is -0.496 e. The first-order chi connectivity index (χ1) is 9.06. The maximum absolute atomic E-state index is 8.96. The lowest BCUT2D eigenvalue weighted by atomic mass is 10.1. The van der Waals surface area contributed by atoms with Crippen molar-refractivity contribution in [2.45, 2.75) is 20.4 Å². The Bertz CT molecular complexity index is 652. The second-order valence-electron chi connectivity index (χ2n) is 4.38. The zero-order valence-corrected chi connectivity index (χ0v) is 11.3. The van der Waals surface area contributed by atoms with Crippen LogP contribution in [0.5, 0.6) is 5.75 Å². The van der Waals surface area contributed by atoms with Gasteiger partial charge < -0.3 is 10.5 Å². The van der Waals surface area contributed by atoms with Crippen LogP contribution in [0.25, 0.3) is 0 Å². The van der Waals surface area contributed by atoms with Gasteiger partial charge in [0.25, 0.3) is 0 Å². The Hall–Kier alpha value is -2.48. The van der Waals surface area contributed by atoms with Gasteiger partial charge in [0.1, 0.15) is 5.75 Å². The number of aryl methyl sites for hydroxylation is 1. The third-order valence-electron chi connectivity index (χ3n) is 3.17. The van der Waals surface area contributed by atoms with Crippen LogP contribution >= 0.6 is 0 Å². The number of anilines is 1. The Morgan fingerprint density at radius 2 is 2.16 bits per heavy atom. The fourth-order valence-corrected chi connectivity index (χ4v) is 2.00. The van der Waals surface area contributed by atoms with Crippen LogP contribution in [-0.2, 0) is 6.54 Å². The Balaban J connectivity index is 2.42. The molecule has 0 fully saturated rings. The molecule has 2 rings (SSSR count). The molecular weight excluding hydrogens is 240 g/mol. The molecule has 5 heteroatoms. The van der Waals surface area contributed by atoms with Crippen molar-refractivity contribution in [2.24, 2.45) is 0 Å². The summed E-state index contributed by atoms with van der Waals surface area (Å²) in [6.07, 6.45) is 0. The lowest BCUT2D eigenvalue weighted by molar-refractivity contribution is 0.407. The average Bonchev–Trinajstić information content (AvgIpc) is 2.66. The normalized spacial score (nSPS) is 10.2. The summed E-state index contributed by atoms with van der Waals surface area (Å²) >= 11 is 0. The number of aromatic nitrogens is 2. The highest BCUT2D eigenvalue weighted by Crippen LogP contribution is 2.23. The van der Waals surface area contributed by atoms with E-state index in [1.807, 2.05) is 24.6 Å². The van der Waals surface area contributed by atoms with Gasteiger partial charge in [-0.3, -0.25) is 4.68 Å². The molecule has 0 aliphatic heterocycles. The fourth-order valence-electron chi connectivity index (χ4n) is 2.00. The Morgan fingerprint density at radius 3 is 2.68 bits per heavy atom. The lowest BCUT2D eigenvalue weighted by Gasteiger charge is -2.10. The van der Waals surface area contributed by atoms with Gasteiger partial charge in [-0.15, -0.1) is 0 Å². The maximum Gasteiger partial charge on any atom is 0.124 e. The molecule has 0 bridgehead atoms. The van der Waals surface area contributed by atoms with E-state index in [0.29, 0.717) is 17.8 Å². The number of nitrogens with two attached hydrogens (primary N) is 1. The summed E-state index contributed by atoms with van der Waals surface area (Å²) in [6.45, 7) is 4.33. The molecule has 0 spiro atoms. The maximum atomic E-state index is 8.96. The first-order valence-electron chi connectivity index (χ1n) is 5.93. The van der Waals surface area contributed by atoms with Crippen molar-refractivity contribution in [1.29, 1.82) is 5.26 Å². The zero-order valence-electron chi connectivity index (χ0n) is 11.3. The number of ether oxygens (including phenoxy) is 1. The summed E-state index contributed by atoms with van der Waals surface area (Å²) in [5, 5.41) is 13.4. The van der Waals surface area contributed by atoms with Gasteiger partial charge in [-0.1, -0.05) is 0 Å². The van der Waals surface area contributed by atoms with E-state index >= 15 is 0 Å². The van der Waals surface area contributed by atoms with Gasteiger partial charge in [-0.05, 0) is 32.0 Å². The van der Waals surface area contributed by atoms with Crippen LogP contribution in [0, 0.1) is 25.2 Å². The highest BCUT2D eigenvalue weighted by atomic mass is 16.5. The molecule has 1 heterocycles. The van der Waals surface area contributed by atoms with Crippen LogP contribution < -0.4 is 10.5 Å². The van der Waals surface area contributed by atoms with Crippen LogP contribution in [0.4, 0.5) is 5.69 Å². The number of nitriles is 1. The SMILES string of the molecule is COc1ccc(C#N)cc1Cn1nc(C)c(N)c1C. The van der Waals surface area contributed by atoms with Crippen molar-refractivity contribution in [2.75, 3.05) is 12.8 Å². The minimum atomic E-state index is 0.530. The number of rotatable bonds is 3. The van der Waals surface area contributed by atoms with Gasteiger partial charge >= 0.3 is 0 Å². The van der Waals surface area contributed by atoms with Gasteiger partial charge in [-0.2, -0.15) is 10.4 Å². The van der Waals surface area contributed by atoms with Gasteiger partial charge in [0.15, 0.2) is 0 Å². The topological polar surface area (TPSA) is 76.9 Å². The van der Waals surface area contributed by atoms with Crippen molar-refractivity contribution >= 4 is 5.69 Å². The van der Waals surface area contributed by atoms with E-state index in [2.05, 4.69) is 11.2 Å². The molecule has 2 aromatic rings. The molecule has 0 saturated carbocycles. The largest absolute Gasteiger partial charge is 0.496 e. The number of benzene rings is 1. The molecule has 0 aliphatic carbocycles. The third kappa shape index (κ3) is 2.38. The van der Waals surface area contributed by atoms with Crippen molar-refractivity contribution in [1.82, 2.24) is 9.78 Å². The molecule has 2 N–H and O–H groups in total. The Labute approximate surface area is 112 Å². The van der Waals surface area contributed by atoms with Gasteiger partial charge in [0, 0.05) is 5.56 Å². The monoisotopic (exact) mass is 256 g/mol. The summed E-state index contributed by atoms with van der Waals surface area (Å²) in [5.74, 6) is 0.741. The summed E-state index contributed by atoms with van der Waals surface area (Å²) in [7, 11) is 1.61. The quantitative estimate of drug-likeness (QED) is 0.911. The molecule has 0 amide bonds. The van der Waals surface area contributed by atoms with E-state index < -0.39 is 0 Å². The van der Waals surface area contributed by atoms with Crippen LogP contribution in [0.3, 0.4) is 0 Å². The number of hydrogen-bond acceptors (Lipinski definition) is 4. The molecule has 0 atom stereocenters. The molecular formula is C14H16N4O. The second kappa shape index (κ2) is 5.02. The average molecular weight is 256 g/mol. The van der Waals surface area contributed by atoms with E-state index in [-0.39, 0.29) is 0 Å². The van der Waals surface area contributed by atoms with E-state index in [4.69, 9.17) is 15.7 Å². The highest BCUT2D eigenvalue weighted by Gasteiger charge is 2.11. The lowest BCUT2D eigenvalue weighted by Crippen LogP contribution is -2.06. The fraction of sp³-hybridized carbons (Fsp3) is 0.286. The molecule has 19 heavy (non-hydrogen) atoms. The summed E-state index contributed by atoms with van der Waals surface area (Å²) in [5.41, 5.74) is 9.86. The molecule has 0 saturated heterocycles. The van der Waals surface area contributed by atoms with Crippen LogP contribution in [0.1, 0.15) is 22.5 Å². The van der Waals surface area contributed by atoms with E-state index in [1.54, 1.807) is 19.2 Å². The predicted molar refractivity (Wildman–Crippen MR) is 72.9 cm³/mol. The summed E-state index contributed by atoms with van der Waals surface area (Å²) < 4.78 is 7.14. The van der Waals surface area contributed by atoms with Crippen molar-refractivity contribution in [3.63, 3.8) is 0 Å². The van der Waals surface area contributed by atoms with Crippen molar-refractivity contribution in [3.8, 4) is 11.8 Å². The van der Waals surface area contributed by atoms with Gasteiger partial charge in [0.05, 0.1) is 42.4 Å². The van der Waals surface area contributed by atoms with E-state index in [9.17, 15) is 0 Å². The standard InChI is InChI=1S/C14H16N4O/c1-9-14(16)10(2)18(17-9)8-12-6-11(7-15)4-5-13(12)19-3/h4-6H,8,16H2,1-3H3. The summed E-state index contributed by atoms with van der Waals surface area (Å²) in [4.78, 5) is 0. The molecule has 98 valence electrons. The third-order valence-corrected chi connectivity index (χ3v) is 3.17. The first kappa shape index (κ1) is 13.0. The van der Waals surface area contributed by atoms with Crippen molar-refractivity contribution < 1.29 is 4.74 Å². The molecule has 0 radical (unpaired) electrons. The second-order valence-corrected chi connectivity index (χ2v) is 4.38. The van der Waals surface area contributed by atoms with E-state index in [1.165, 1.54) is 0 Å². The molecule has 0 aliphatic rings. The van der Waals surface area contributed by atoms with E-state index in [0.717, 1.165) is 22.7 Å². The van der Waals surface area contributed by atoms with Gasteiger partial charge in [-0.25, -0.2) is 0 Å². The first-order valence-corrected chi connectivity index (χ1v) is 5.93. The number of nitrogens with zero attached hydrogens (tertiary/aromatic N) is 3. The van der Waals surface area contributed by atoms with Crippen LogP contribution in [0.2, 0.25) is 0 Å². The molecule has 5 nitrogen and oxygen atoms in total. The minimum absolute atomic E-state index is 0.530. The Kier molecular flexibility index (Phi) is 3.43.